The van der Waals surface area contributed by atoms with Gasteiger partial charge in [-0.2, -0.15) is 18.3 Å². The highest BCUT2D eigenvalue weighted by Gasteiger charge is 2.35. The van der Waals surface area contributed by atoms with Gasteiger partial charge in [0.2, 0.25) is 5.82 Å². The Morgan fingerprint density at radius 1 is 1.28 bits per heavy atom. The zero-order valence-corrected chi connectivity index (χ0v) is 12.7. The smallest absolute Gasteiger partial charge is 0.333 e. The van der Waals surface area contributed by atoms with Crippen molar-refractivity contribution in [2.75, 3.05) is 11.9 Å². The summed E-state index contributed by atoms with van der Waals surface area (Å²) < 4.78 is 38.5. The summed E-state index contributed by atoms with van der Waals surface area (Å²) in [6.07, 6.45) is -1.52. The Morgan fingerprint density at radius 3 is 2.92 bits per heavy atom. The van der Waals surface area contributed by atoms with Gasteiger partial charge in [-0.1, -0.05) is 0 Å². The van der Waals surface area contributed by atoms with Gasteiger partial charge in [-0.05, 0) is 0 Å². The molecule has 0 saturated carbocycles. The van der Waals surface area contributed by atoms with Crippen molar-refractivity contribution in [3.05, 3.63) is 35.0 Å². The number of H-pyrrole nitrogens is 2. The third-order valence-electron chi connectivity index (χ3n) is 3.95. The van der Waals surface area contributed by atoms with E-state index < -0.39 is 17.9 Å². The molecule has 4 rings (SSSR count). The van der Waals surface area contributed by atoms with Crippen LogP contribution in [0.5, 0.6) is 0 Å². The number of anilines is 1. The lowest BCUT2D eigenvalue weighted by molar-refractivity contribution is -0.144. The molecule has 3 aromatic heterocycles. The number of rotatable bonds is 2. The fourth-order valence-corrected chi connectivity index (χ4v) is 2.74. The molecule has 1 aliphatic heterocycles. The predicted octanol–water partition coefficient (Wildman–Crippen LogP) is 1.60. The number of imidazole rings is 1. The van der Waals surface area contributed by atoms with Gasteiger partial charge >= 0.3 is 6.18 Å². The molecule has 0 saturated heterocycles. The van der Waals surface area contributed by atoms with Crippen LogP contribution >= 0.6 is 0 Å². The molecule has 11 heteroatoms. The van der Waals surface area contributed by atoms with E-state index in [2.05, 4.69) is 35.8 Å². The van der Waals surface area contributed by atoms with Crippen LogP contribution in [-0.4, -0.2) is 37.6 Å². The SMILES string of the molecule is O=C(Nc1n[nH]c2c1CNCC2)c1cncc2[nH]c(C(F)(F)F)nc12. The highest BCUT2D eigenvalue weighted by molar-refractivity contribution is 6.11. The number of hydrogen-bond acceptors (Lipinski definition) is 5. The van der Waals surface area contributed by atoms with Crippen LogP contribution in [0.15, 0.2) is 12.4 Å². The summed E-state index contributed by atoms with van der Waals surface area (Å²) in [5.74, 6) is -1.46. The Bertz CT molecular complexity index is 959. The van der Waals surface area contributed by atoms with Crippen molar-refractivity contribution < 1.29 is 18.0 Å². The number of fused-ring (bicyclic) bond motifs is 2. The summed E-state index contributed by atoms with van der Waals surface area (Å²) in [5.41, 5.74) is 1.63. The van der Waals surface area contributed by atoms with Gasteiger partial charge in [0.25, 0.3) is 5.91 Å². The second-order valence-electron chi connectivity index (χ2n) is 5.58. The van der Waals surface area contributed by atoms with Crippen molar-refractivity contribution in [2.24, 2.45) is 0 Å². The van der Waals surface area contributed by atoms with Crippen molar-refractivity contribution in [3.8, 4) is 0 Å². The number of amides is 1. The quantitative estimate of drug-likeness (QED) is 0.560. The van der Waals surface area contributed by atoms with Crippen LogP contribution in [0, 0.1) is 0 Å². The van der Waals surface area contributed by atoms with E-state index in [9.17, 15) is 18.0 Å². The number of nitrogens with one attached hydrogen (secondary N) is 4. The number of alkyl halides is 3. The molecule has 1 amide bonds. The van der Waals surface area contributed by atoms with Gasteiger partial charge in [-0.15, -0.1) is 0 Å². The molecule has 130 valence electrons. The molecule has 0 radical (unpaired) electrons. The van der Waals surface area contributed by atoms with Crippen LogP contribution in [0.4, 0.5) is 19.0 Å². The standard InChI is InChI=1S/C14H12F3N7O/c15-14(16,17)13-20-9-5-19-4-7(10(9)21-13)12(25)22-11-6-3-18-2-1-8(6)23-24-11/h4-5,18H,1-3H2,(H,20,21)(H2,22,23,24,25). The summed E-state index contributed by atoms with van der Waals surface area (Å²) in [7, 11) is 0. The number of hydrogen-bond donors (Lipinski definition) is 4. The largest absolute Gasteiger partial charge is 0.449 e. The van der Waals surface area contributed by atoms with Gasteiger partial charge in [0.05, 0.1) is 17.3 Å². The summed E-state index contributed by atoms with van der Waals surface area (Å²) in [4.78, 5) is 21.9. The molecule has 8 nitrogen and oxygen atoms in total. The molecule has 0 spiro atoms. The third-order valence-corrected chi connectivity index (χ3v) is 3.95. The molecule has 0 unspecified atom stereocenters. The normalized spacial score (nSPS) is 14.5. The van der Waals surface area contributed by atoms with Crippen LogP contribution in [0.3, 0.4) is 0 Å². The molecule has 1 aliphatic rings. The first-order valence-electron chi connectivity index (χ1n) is 7.42. The Labute approximate surface area is 138 Å². The molecule has 3 aromatic rings. The first-order chi connectivity index (χ1) is 11.9. The molecule has 0 atom stereocenters. The second-order valence-corrected chi connectivity index (χ2v) is 5.58. The zero-order chi connectivity index (χ0) is 17.6. The summed E-state index contributed by atoms with van der Waals surface area (Å²) in [6, 6.07) is 0. The van der Waals surface area contributed by atoms with Crippen LogP contribution in [-0.2, 0) is 19.1 Å². The highest BCUT2D eigenvalue weighted by Crippen LogP contribution is 2.29. The number of halogens is 3. The number of nitrogens with zero attached hydrogens (tertiary/aromatic N) is 3. The summed E-state index contributed by atoms with van der Waals surface area (Å²) in [5, 5.41) is 12.7. The Balaban J connectivity index is 1.68. The third kappa shape index (κ3) is 2.71. The topological polar surface area (TPSA) is 111 Å². The van der Waals surface area contributed by atoms with E-state index in [1.165, 1.54) is 12.4 Å². The summed E-state index contributed by atoms with van der Waals surface area (Å²) >= 11 is 0. The first kappa shape index (κ1) is 15.6. The van der Waals surface area contributed by atoms with Gasteiger partial charge in [-0.25, -0.2) is 4.98 Å². The van der Waals surface area contributed by atoms with E-state index in [0.717, 1.165) is 24.2 Å². The molecule has 4 N–H and O–H groups in total. The van der Waals surface area contributed by atoms with Gasteiger partial charge in [0.1, 0.15) is 5.52 Å². The molecule has 25 heavy (non-hydrogen) atoms. The van der Waals surface area contributed by atoms with E-state index >= 15 is 0 Å². The maximum atomic E-state index is 12.8. The van der Waals surface area contributed by atoms with Gasteiger partial charge in [0.15, 0.2) is 5.82 Å². The van der Waals surface area contributed by atoms with Crippen LogP contribution in [0.1, 0.15) is 27.4 Å². The van der Waals surface area contributed by atoms with E-state index in [1.54, 1.807) is 0 Å². The number of carbonyl (C=O) groups excluding carboxylic acids is 1. The Morgan fingerprint density at radius 2 is 2.12 bits per heavy atom. The first-order valence-corrected chi connectivity index (χ1v) is 7.42. The molecule has 0 aromatic carbocycles. The molecule has 4 heterocycles. The highest BCUT2D eigenvalue weighted by atomic mass is 19.4. The number of pyridine rings is 1. The minimum Gasteiger partial charge on any atom is -0.333 e. The average Bonchev–Trinajstić information content (AvgIpc) is 3.18. The van der Waals surface area contributed by atoms with Crippen molar-refractivity contribution in [3.63, 3.8) is 0 Å². The zero-order valence-electron chi connectivity index (χ0n) is 12.7. The number of aromatic amines is 2. The fraction of sp³-hybridized carbons (Fsp3) is 0.286. The Kier molecular flexibility index (Phi) is 3.46. The maximum Gasteiger partial charge on any atom is 0.449 e. The number of carbonyl (C=O) groups is 1. The van der Waals surface area contributed by atoms with Gasteiger partial charge in [0, 0.05) is 37.0 Å². The maximum absolute atomic E-state index is 12.8. The van der Waals surface area contributed by atoms with Crippen molar-refractivity contribution in [1.82, 2.24) is 30.5 Å². The molecule has 0 bridgehead atoms. The van der Waals surface area contributed by atoms with E-state index in [-0.39, 0.29) is 16.6 Å². The van der Waals surface area contributed by atoms with Crippen molar-refractivity contribution in [2.45, 2.75) is 19.1 Å². The van der Waals surface area contributed by atoms with Crippen LogP contribution in [0.25, 0.3) is 11.0 Å². The second kappa shape index (κ2) is 5.55. The van der Waals surface area contributed by atoms with Crippen LogP contribution in [0.2, 0.25) is 0 Å². The van der Waals surface area contributed by atoms with E-state index in [0.29, 0.717) is 12.4 Å². The van der Waals surface area contributed by atoms with Gasteiger partial charge < -0.3 is 15.6 Å². The Hall–Kier alpha value is -2.95. The van der Waals surface area contributed by atoms with Crippen molar-refractivity contribution >= 4 is 22.8 Å². The van der Waals surface area contributed by atoms with Crippen LogP contribution < -0.4 is 10.6 Å². The summed E-state index contributed by atoms with van der Waals surface area (Å²) in [6.45, 7) is 1.35. The van der Waals surface area contributed by atoms with E-state index in [4.69, 9.17) is 0 Å². The lowest BCUT2D eigenvalue weighted by atomic mass is 10.1. The van der Waals surface area contributed by atoms with Gasteiger partial charge in [-0.3, -0.25) is 14.9 Å². The van der Waals surface area contributed by atoms with E-state index in [1.807, 2.05) is 0 Å². The lowest BCUT2D eigenvalue weighted by Gasteiger charge is -2.13. The fourth-order valence-electron chi connectivity index (χ4n) is 2.74. The minimum atomic E-state index is -4.64. The predicted molar refractivity (Wildman–Crippen MR) is 80.8 cm³/mol. The molecular formula is C14H12F3N7O. The lowest BCUT2D eigenvalue weighted by Crippen LogP contribution is -2.24. The number of aromatic nitrogens is 5. The minimum absolute atomic E-state index is 0.0331. The molecule has 0 fully saturated rings. The molecular weight excluding hydrogens is 339 g/mol. The van der Waals surface area contributed by atoms with Crippen molar-refractivity contribution in [1.29, 1.82) is 0 Å². The molecule has 0 aliphatic carbocycles. The average molecular weight is 351 g/mol. The monoisotopic (exact) mass is 351 g/mol.